The van der Waals surface area contributed by atoms with Gasteiger partial charge in [-0.05, 0) is 47.9 Å². The summed E-state index contributed by atoms with van der Waals surface area (Å²) >= 11 is 0. The molecular formula is C37H33N4O12P. The number of phosphoric ester groups is 1. The summed E-state index contributed by atoms with van der Waals surface area (Å²) in [5.74, 6) is -2.49. The monoisotopic (exact) mass is 756 g/mol. The van der Waals surface area contributed by atoms with Crippen molar-refractivity contribution < 1.29 is 53.0 Å². The molecule has 0 saturated heterocycles. The first kappa shape index (κ1) is 37.3. The molecule has 1 atom stereocenters. The molecule has 2 aromatic heterocycles. The highest BCUT2D eigenvalue weighted by molar-refractivity contribution is 7.46. The van der Waals surface area contributed by atoms with Crippen LogP contribution < -0.4 is 26.1 Å². The second-order valence-electron chi connectivity index (χ2n) is 12.3. The van der Waals surface area contributed by atoms with E-state index in [4.69, 9.17) is 14.2 Å². The van der Waals surface area contributed by atoms with Gasteiger partial charge in [0.25, 0.3) is 5.91 Å². The smallest absolute Gasteiger partial charge is 0.508 e. The summed E-state index contributed by atoms with van der Waals surface area (Å²) < 4.78 is 20.9. The van der Waals surface area contributed by atoms with Gasteiger partial charge in [0.1, 0.15) is 34.6 Å². The number of aromatic hydroxyl groups is 3. The zero-order valence-electron chi connectivity index (χ0n) is 28.2. The maximum absolute atomic E-state index is 13.5. The molecule has 0 aliphatic carbocycles. The van der Waals surface area contributed by atoms with Crippen molar-refractivity contribution in [2.24, 2.45) is 0 Å². The summed E-state index contributed by atoms with van der Waals surface area (Å²) in [6, 6.07) is 19.0. The molecule has 2 heterocycles. The minimum Gasteiger partial charge on any atom is -0.508 e. The number of hydrogen-bond donors (Lipinski definition) is 8. The van der Waals surface area contributed by atoms with E-state index in [0.29, 0.717) is 27.4 Å². The average molecular weight is 757 g/mol. The topological polar surface area (TPSA) is 258 Å². The lowest BCUT2D eigenvalue weighted by atomic mass is 10.0. The molecule has 6 rings (SSSR count). The van der Waals surface area contributed by atoms with E-state index in [0.717, 1.165) is 12.1 Å². The normalized spacial score (nSPS) is 12.0. The van der Waals surface area contributed by atoms with E-state index in [1.807, 2.05) is 0 Å². The molecular weight excluding hydrogens is 723 g/mol. The Labute approximate surface area is 305 Å². The number of aromatic nitrogens is 1. The van der Waals surface area contributed by atoms with E-state index in [-0.39, 0.29) is 77.4 Å². The maximum Gasteiger partial charge on any atom is 0.524 e. The molecule has 54 heavy (non-hydrogen) atoms. The van der Waals surface area contributed by atoms with Gasteiger partial charge in [0.2, 0.25) is 11.8 Å². The van der Waals surface area contributed by atoms with Gasteiger partial charge in [0.15, 0.2) is 0 Å². The van der Waals surface area contributed by atoms with Crippen LogP contribution in [0, 0.1) is 0 Å². The molecule has 8 N–H and O–H groups in total. The third kappa shape index (κ3) is 8.93. The van der Waals surface area contributed by atoms with Crippen molar-refractivity contribution in [2.75, 3.05) is 13.1 Å². The molecule has 0 aliphatic heterocycles. The van der Waals surface area contributed by atoms with E-state index in [9.17, 15) is 39.1 Å². The summed E-state index contributed by atoms with van der Waals surface area (Å²) in [5.41, 5.74) is 1.01. The van der Waals surface area contributed by atoms with Gasteiger partial charge in [-0.2, -0.15) is 0 Å². The average Bonchev–Trinajstić information content (AvgIpc) is 3.09. The Morgan fingerprint density at radius 3 is 2.33 bits per heavy atom. The Morgan fingerprint density at radius 1 is 0.833 bits per heavy atom. The summed E-state index contributed by atoms with van der Waals surface area (Å²) in [4.78, 5) is 75.1. The lowest BCUT2D eigenvalue weighted by Gasteiger charge is -2.19. The highest BCUT2D eigenvalue weighted by atomic mass is 31.2. The molecule has 0 radical (unpaired) electrons. The van der Waals surface area contributed by atoms with Crippen LogP contribution in [-0.4, -0.2) is 66.9 Å². The van der Waals surface area contributed by atoms with Gasteiger partial charge in [0.05, 0.1) is 28.4 Å². The molecule has 278 valence electrons. The first-order valence-electron chi connectivity index (χ1n) is 16.4. The molecule has 0 spiro atoms. The van der Waals surface area contributed by atoms with Crippen LogP contribution in [0.4, 0.5) is 0 Å². The van der Waals surface area contributed by atoms with Crippen molar-refractivity contribution in [3.05, 3.63) is 112 Å². The number of rotatable bonds is 13. The van der Waals surface area contributed by atoms with Crippen LogP contribution in [0.25, 0.3) is 32.8 Å². The number of fused-ring (bicyclic) bond motifs is 3. The lowest BCUT2D eigenvalue weighted by molar-refractivity contribution is -0.128. The van der Waals surface area contributed by atoms with Crippen LogP contribution in [-0.2, 0) is 27.0 Å². The van der Waals surface area contributed by atoms with E-state index < -0.39 is 37.2 Å². The number of amides is 3. The predicted molar refractivity (Wildman–Crippen MR) is 195 cm³/mol. The van der Waals surface area contributed by atoms with Crippen molar-refractivity contribution in [1.82, 2.24) is 20.9 Å². The summed E-state index contributed by atoms with van der Waals surface area (Å²) in [6.45, 7) is 0.179. The number of carbonyl (C=O) groups is 3. The molecule has 6 aromatic rings. The number of pyridine rings is 1. The van der Waals surface area contributed by atoms with Crippen LogP contribution in [0.15, 0.2) is 94.1 Å². The molecule has 4 aromatic carbocycles. The summed E-state index contributed by atoms with van der Waals surface area (Å²) in [6.07, 6.45) is -0.0958. The summed E-state index contributed by atoms with van der Waals surface area (Å²) in [7, 11) is -4.80. The summed E-state index contributed by atoms with van der Waals surface area (Å²) in [5, 5.41) is 39.7. The number of nitrogens with zero attached hydrogens (tertiary/aromatic N) is 1. The van der Waals surface area contributed by atoms with Crippen LogP contribution in [0.1, 0.15) is 27.9 Å². The number of phenolic OH excluding ortho intramolecular Hbond substituents is 3. The number of phosphoric acid groups is 1. The first-order chi connectivity index (χ1) is 25.7. The number of para-hydroxylation sites is 1. The van der Waals surface area contributed by atoms with Crippen molar-refractivity contribution in [3.8, 4) is 23.0 Å². The highest BCUT2D eigenvalue weighted by Crippen LogP contribution is 2.38. The largest absolute Gasteiger partial charge is 0.524 e. The number of carbonyl (C=O) groups excluding carboxylic acids is 3. The minimum absolute atomic E-state index is 0.0444. The lowest BCUT2D eigenvalue weighted by Crippen LogP contribution is -2.49. The van der Waals surface area contributed by atoms with Gasteiger partial charge < -0.3 is 40.2 Å². The Morgan fingerprint density at radius 2 is 1.57 bits per heavy atom. The van der Waals surface area contributed by atoms with Gasteiger partial charge in [-0.15, -0.1) is 0 Å². The van der Waals surface area contributed by atoms with Crippen molar-refractivity contribution >= 4 is 58.3 Å². The molecule has 0 bridgehead atoms. The SMILES string of the molecule is O=C(Cc1cc(=O)oc2cc(O)ccc12)N[C@@H](Cc1ccc(OP(=O)(O)O)cc1)C(=O)NCCCNC(=O)c1c2ccccc2nc2cc(O)cc(O)c12. The van der Waals surface area contributed by atoms with E-state index >= 15 is 0 Å². The van der Waals surface area contributed by atoms with Crippen molar-refractivity contribution in [1.29, 1.82) is 0 Å². The standard InChI is InChI=1S/C37H33N4O12P/c42-22-8-11-25-21(16-33(46)52-31(25)19-22)15-32(45)41-29(14-20-6-9-24(10-7-20)53-54(49,50)51)36(47)38-12-3-13-39-37(48)34-26-4-1-2-5-27(26)40-28-17-23(43)18-30(44)35(28)34/h1-2,4-11,16-19,29,42-44H,3,12-15H2,(H,38,47)(H,39,48)(H,41,45)(H2,49,50,51)/t29-/m0/s1. The van der Waals surface area contributed by atoms with Gasteiger partial charge in [0, 0.05) is 54.5 Å². The molecule has 0 fully saturated rings. The Hall–Kier alpha value is -6.48. The molecule has 0 aliphatic rings. The van der Waals surface area contributed by atoms with E-state index in [1.165, 1.54) is 48.5 Å². The van der Waals surface area contributed by atoms with Crippen LogP contribution in [0.2, 0.25) is 0 Å². The fraction of sp³-hybridized carbons (Fsp3) is 0.162. The third-order valence-electron chi connectivity index (χ3n) is 8.32. The molecule has 17 heteroatoms. The van der Waals surface area contributed by atoms with Gasteiger partial charge in [-0.25, -0.2) is 14.3 Å². The number of hydrogen-bond acceptors (Lipinski definition) is 11. The zero-order valence-corrected chi connectivity index (χ0v) is 29.1. The maximum atomic E-state index is 13.5. The van der Waals surface area contributed by atoms with E-state index in [1.54, 1.807) is 24.3 Å². The fourth-order valence-electron chi connectivity index (χ4n) is 5.99. The Bertz CT molecular complexity index is 2520. The third-order valence-corrected chi connectivity index (χ3v) is 8.76. The fourth-order valence-corrected chi connectivity index (χ4v) is 6.39. The predicted octanol–water partition coefficient (Wildman–Crippen LogP) is 3.29. The van der Waals surface area contributed by atoms with Crippen LogP contribution >= 0.6 is 7.82 Å². The van der Waals surface area contributed by atoms with Gasteiger partial charge in [-0.1, -0.05) is 30.3 Å². The van der Waals surface area contributed by atoms with Gasteiger partial charge in [-0.3, -0.25) is 24.2 Å². The number of phenols is 3. The molecule has 16 nitrogen and oxygen atoms in total. The molecule has 0 saturated carbocycles. The molecule has 3 amide bonds. The van der Waals surface area contributed by atoms with Gasteiger partial charge >= 0.3 is 13.4 Å². The number of benzene rings is 4. The van der Waals surface area contributed by atoms with Crippen molar-refractivity contribution in [2.45, 2.75) is 25.3 Å². The second kappa shape index (κ2) is 15.6. The van der Waals surface area contributed by atoms with Crippen LogP contribution in [0.5, 0.6) is 23.0 Å². The second-order valence-corrected chi connectivity index (χ2v) is 13.4. The van der Waals surface area contributed by atoms with Crippen LogP contribution in [0.3, 0.4) is 0 Å². The Kier molecular flexibility index (Phi) is 10.8. The first-order valence-corrected chi connectivity index (χ1v) is 18.0. The number of nitrogens with one attached hydrogen (secondary N) is 3. The minimum atomic E-state index is -4.80. The highest BCUT2D eigenvalue weighted by Gasteiger charge is 2.24. The molecule has 0 unspecified atom stereocenters. The van der Waals surface area contributed by atoms with Crippen molar-refractivity contribution in [3.63, 3.8) is 0 Å². The van der Waals surface area contributed by atoms with E-state index in [2.05, 4.69) is 25.5 Å². The zero-order chi connectivity index (χ0) is 38.6. The quantitative estimate of drug-likeness (QED) is 0.0365. The Balaban J connectivity index is 1.13.